The maximum atomic E-state index is 2.27. The van der Waals surface area contributed by atoms with Gasteiger partial charge in [0.15, 0.2) is 0 Å². The van der Waals surface area contributed by atoms with E-state index >= 15 is 0 Å². The first-order valence-electron chi connectivity index (χ1n) is 4.52. The van der Waals surface area contributed by atoms with Gasteiger partial charge in [-0.2, -0.15) is 0 Å². The highest BCUT2D eigenvalue weighted by molar-refractivity contribution is 7.97. The van der Waals surface area contributed by atoms with Crippen molar-refractivity contribution in [3.63, 3.8) is 0 Å². The molecule has 0 fully saturated rings. The van der Waals surface area contributed by atoms with Crippen LogP contribution < -0.4 is 0 Å². The van der Waals surface area contributed by atoms with Gasteiger partial charge in [0.05, 0.1) is 0 Å². The SMILES string of the molecule is Cc1ccc(SN2C=CCC2)cc1. The molecule has 1 aromatic rings. The predicted molar refractivity (Wildman–Crippen MR) is 57.5 cm³/mol. The van der Waals surface area contributed by atoms with Crippen molar-refractivity contribution in [2.75, 3.05) is 6.54 Å². The van der Waals surface area contributed by atoms with Crippen LogP contribution in [0.15, 0.2) is 41.4 Å². The van der Waals surface area contributed by atoms with Crippen molar-refractivity contribution >= 4 is 11.9 Å². The summed E-state index contributed by atoms with van der Waals surface area (Å²) in [6, 6.07) is 8.66. The van der Waals surface area contributed by atoms with E-state index in [1.165, 1.54) is 16.9 Å². The van der Waals surface area contributed by atoms with E-state index in [4.69, 9.17) is 0 Å². The van der Waals surface area contributed by atoms with Crippen LogP contribution in [0.4, 0.5) is 0 Å². The number of rotatable bonds is 2. The molecule has 0 saturated heterocycles. The molecule has 1 nitrogen and oxygen atoms in total. The normalized spacial score (nSPS) is 15.3. The van der Waals surface area contributed by atoms with E-state index < -0.39 is 0 Å². The Labute approximate surface area is 83.6 Å². The maximum Gasteiger partial charge on any atom is 0.0327 e. The molecule has 13 heavy (non-hydrogen) atoms. The van der Waals surface area contributed by atoms with Crippen molar-refractivity contribution in [3.8, 4) is 0 Å². The molecule has 1 aromatic carbocycles. The monoisotopic (exact) mass is 191 g/mol. The Kier molecular flexibility index (Phi) is 2.60. The quantitative estimate of drug-likeness (QED) is 0.660. The third kappa shape index (κ3) is 2.28. The van der Waals surface area contributed by atoms with Crippen molar-refractivity contribution < 1.29 is 0 Å². The minimum absolute atomic E-state index is 1.14. The van der Waals surface area contributed by atoms with Gasteiger partial charge in [0.1, 0.15) is 0 Å². The maximum absolute atomic E-state index is 2.27. The van der Waals surface area contributed by atoms with Crippen LogP contribution >= 0.6 is 11.9 Å². The second-order valence-corrected chi connectivity index (χ2v) is 4.34. The van der Waals surface area contributed by atoms with Gasteiger partial charge < -0.3 is 4.31 Å². The highest BCUT2D eigenvalue weighted by Gasteiger charge is 2.05. The lowest BCUT2D eigenvalue weighted by atomic mass is 10.2. The zero-order chi connectivity index (χ0) is 9.10. The second-order valence-electron chi connectivity index (χ2n) is 3.22. The standard InChI is InChI=1S/C11H13NS/c1-10-4-6-11(7-5-10)13-12-8-2-3-9-12/h2,4-8H,3,9H2,1H3. The molecular formula is C11H13NS. The van der Waals surface area contributed by atoms with Crippen LogP contribution in [0.3, 0.4) is 0 Å². The molecule has 0 radical (unpaired) electrons. The van der Waals surface area contributed by atoms with Crippen molar-refractivity contribution in [3.05, 3.63) is 42.1 Å². The molecule has 1 aliphatic rings. The Balaban J connectivity index is 2.01. The topological polar surface area (TPSA) is 3.24 Å². The van der Waals surface area contributed by atoms with E-state index in [2.05, 4.69) is 47.8 Å². The first kappa shape index (κ1) is 8.70. The van der Waals surface area contributed by atoms with Gasteiger partial charge >= 0.3 is 0 Å². The molecule has 0 aliphatic carbocycles. The van der Waals surface area contributed by atoms with Gasteiger partial charge in [-0.1, -0.05) is 23.8 Å². The minimum Gasteiger partial charge on any atom is -0.319 e. The van der Waals surface area contributed by atoms with Crippen LogP contribution in [-0.2, 0) is 0 Å². The van der Waals surface area contributed by atoms with Crippen molar-refractivity contribution in [1.29, 1.82) is 0 Å². The lowest BCUT2D eigenvalue weighted by Crippen LogP contribution is -2.02. The molecular weight excluding hydrogens is 178 g/mol. The molecule has 2 heteroatoms. The fraction of sp³-hybridized carbons (Fsp3) is 0.273. The molecule has 0 unspecified atom stereocenters. The van der Waals surface area contributed by atoms with E-state index in [1.807, 2.05) is 0 Å². The average molecular weight is 191 g/mol. The van der Waals surface area contributed by atoms with Gasteiger partial charge in [-0.05, 0) is 37.4 Å². The highest BCUT2D eigenvalue weighted by atomic mass is 32.2. The predicted octanol–water partition coefficient (Wildman–Crippen LogP) is 3.22. The van der Waals surface area contributed by atoms with Crippen LogP contribution in [0.25, 0.3) is 0 Å². The van der Waals surface area contributed by atoms with Crippen molar-refractivity contribution in [2.45, 2.75) is 18.2 Å². The molecule has 0 amide bonds. The first-order valence-corrected chi connectivity index (χ1v) is 5.30. The van der Waals surface area contributed by atoms with Crippen molar-refractivity contribution in [1.82, 2.24) is 4.31 Å². The van der Waals surface area contributed by atoms with E-state index in [1.54, 1.807) is 11.9 Å². The summed E-state index contributed by atoms with van der Waals surface area (Å²) in [5, 5.41) is 0. The van der Waals surface area contributed by atoms with E-state index in [0.717, 1.165) is 6.54 Å². The number of aryl methyl sites for hydroxylation is 1. The Morgan fingerprint density at radius 1 is 1.23 bits per heavy atom. The molecule has 0 N–H and O–H groups in total. The fourth-order valence-electron chi connectivity index (χ4n) is 1.28. The average Bonchev–Trinajstić information content (AvgIpc) is 2.62. The number of benzene rings is 1. The Hall–Kier alpha value is -0.890. The molecule has 0 saturated carbocycles. The zero-order valence-corrected chi connectivity index (χ0v) is 8.55. The number of nitrogens with zero attached hydrogens (tertiary/aromatic N) is 1. The summed E-state index contributed by atoms with van der Waals surface area (Å²) in [6.45, 7) is 3.25. The Morgan fingerprint density at radius 3 is 2.62 bits per heavy atom. The lowest BCUT2D eigenvalue weighted by Gasteiger charge is -2.13. The van der Waals surface area contributed by atoms with Crippen molar-refractivity contribution in [2.24, 2.45) is 0 Å². The molecule has 2 rings (SSSR count). The molecule has 0 aromatic heterocycles. The van der Waals surface area contributed by atoms with Crippen LogP contribution in [0, 0.1) is 6.92 Å². The number of hydrogen-bond donors (Lipinski definition) is 0. The summed E-state index contributed by atoms with van der Waals surface area (Å²) in [5.74, 6) is 0. The third-order valence-corrected chi connectivity index (χ3v) is 3.05. The van der Waals surface area contributed by atoms with Crippen LogP contribution in [0.5, 0.6) is 0 Å². The van der Waals surface area contributed by atoms with Crippen LogP contribution in [-0.4, -0.2) is 10.8 Å². The molecule has 0 atom stereocenters. The van der Waals surface area contributed by atoms with Gasteiger partial charge in [0, 0.05) is 17.6 Å². The third-order valence-electron chi connectivity index (χ3n) is 2.03. The molecule has 1 heterocycles. The zero-order valence-electron chi connectivity index (χ0n) is 7.73. The molecule has 1 aliphatic heterocycles. The Morgan fingerprint density at radius 2 is 2.00 bits per heavy atom. The highest BCUT2D eigenvalue weighted by Crippen LogP contribution is 2.25. The Bertz CT molecular complexity index is 302. The minimum atomic E-state index is 1.14. The van der Waals surface area contributed by atoms with E-state index in [0.29, 0.717) is 0 Å². The fourth-order valence-corrected chi connectivity index (χ4v) is 2.15. The van der Waals surface area contributed by atoms with Crippen LogP contribution in [0.2, 0.25) is 0 Å². The molecule has 0 bridgehead atoms. The van der Waals surface area contributed by atoms with Gasteiger partial charge in [-0.15, -0.1) is 0 Å². The lowest BCUT2D eigenvalue weighted by molar-refractivity contribution is 0.671. The second kappa shape index (κ2) is 3.88. The largest absolute Gasteiger partial charge is 0.319 e. The summed E-state index contributed by atoms with van der Waals surface area (Å²) >= 11 is 1.81. The summed E-state index contributed by atoms with van der Waals surface area (Å²) in [7, 11) is 0. The summed E-state index contributed by atoms with van der Waals surface area (Å²) < 4.78 is 2.27. The van der Waals surface area contributed by atoms with E-state index in [9.17, 15) is 0 Å². The van der Waals surface area contributed by atoms with Gasteiger partial charge in [-0.25, -0.2) is 0 Å². The summed E-state index contributed by atoms with van der Waals surface area (Å²) in [6.07, 6.45) is 5.55. The van der Waals surface area contributed by atoms with E-state index in [-0.39, 0.29) is 0 Å². The first-order chi connectivity index (χ1) is 6.34. The number of hydrogen-bond acceptors (Lipinski definition) is 2. The summed E-state index contributed by atoms with van der Waals surface area (Å²) in [4.78, 5) is 1.32. The van der Waals surface area contributed by atoms with Crippen LogP contribution in [0.1, 0.15) is 12.0 Å². The smallest absolute Gasteiger partial charge is 0.0327 e. The van der Waals surface area contributed by atoms with Gasteiger partial charge in [0.25, 0.3) is 0 Å². The molecule has 68 valence electrons. The molecule has 0 spiro atoms. The summed E-state index contributed by atoms with van der Waals surface area (Å²) in [5.41, 5.74) is 1.32. The van der Waals surface area contributed by atoms with Gasteiger partial charge in [-0.3, -0.25) is 0 Å². The van der Waals surface area contributed by atoms with Gasteiger partial charge in [0.2, 0.25) is 0 Å².